The lowest BCUT2D eigenvalue weighted by atomic mass is 10.1. The molecule has 0 atom stereocenters. The van der Waals surface area contributed by atoms with E-state index in [0.717, 1.165) is 19.3 Å². The van der Waals surface area contributed by atoms with Crippen molar-refractivity contribution in [2.24, 2.45) is 0 Å². The second-order valence-corrected chi connectivity index (χ2v) is 6.33. The number of hydrogen-bond donors (Lipinski definition) is 0. The second-order valence-electron chi connectivity index (χ2n) is 6.33. The Morgan fingerprint density at radius 2 is 1.48 bits per heavy atom. The number of hydrogen-bond acceptors (Lipinski definition) is 4. The van der Waals surface area contributed by atoms with Crippen LogP contribution in [-0.2, 0) is 16.1 Å². The Kier molecular flexibility index (Phi) is 8.49. The molecule has 0 radical (unpaired) electrons. The van der Waals surface area contributed by atoms with E-state index < -0.39 is 11.9 Å². The minimum atomic E-state index is -0.532. The molecule has 5 heteroatoms. The topological polar surface area (TPSA) is 52.6 Å². The number of carbonyl (C=O) groups excluding carboxylic acids is 2. The van der Waals surface area contributed by atoms with E-state index in [1.807, 2.05) is 0 Å². The Labute approximate surface area is 159 Å². The van der Waals surface area contributed by atoms with E-state index in [9.17, 15) is 14.0 Å². The molecule has 0 N–H and O–H groups in total. The van der Waals surface area contributed by atoms with Gasteiger partial charge in [0.05, 0.1) is 17.7 Å². The second kappa shape index (κ2) is 11.1. The van der Waals surface area contributed by atoms with Crippen molar-refractivity contribution in [2.75, 3.05) is 6.61 Å². The highest BCUT2D eigenvalue weighted by molar-refractivity contribution is 5.93. The van der Waals surface area contributed by atoms with E-state index in [0.29, 0.717) is 23.3 Å². The third-order valence-electron chi connectivity index (χ3n) is 4.10. The number of benzene rings is 2. The van der Waals surface area contributed by atoms with Gasteiger partial charge < -0.3 is 9.47 Å². The highest BCUT2D eigenvalue weighted by Gasteiger charge is 2.11. The fourth-order valence-electron chi connectivity index (χ4n) is 2.56. The maximum absolute atomic E-state index is 13.1. The van der Waals surface area contributed by atoms with Gasteiger partial charge in [-0.25, -0.2) is 14.0 Å². The van der Waals surface area contributed by atoms with Crippen molar-refractivity contribution in [1.29, 1.82) is 0 Å². The molecule has 0 amide bonds. The SMILES string of the molecule is CCCCCCCOC(=O)c1ccc(C(=O)OCc2cccc(F)c2)cc1. The molecule has 2 aromatic rings. The third-order valence-corrected chi connectivity index (χ3v) is 4.10. The van der Waals surface area contributed by atoms with Gasteiger partial charge in [0.1, 0.15) is 12.4 Å². The lowest BCUT2D eigenvalue weighted by Crippen LogP contribution is -2.08. The Balaban J connectivity index is 1.78. The summed E-state index contributed by atoms with van der Waals surface area (Å²) < 4.78 is 23.5. The van der Waals surface area contributed by atoms with Crippen LogP contribution in [0.25, 0.3) is 0 Å². The standard InChI is InChI=1S/C22H25FO4/c1-2-3-4-5-6-14-26-21(24)18-10-12-19(13-11-18)22(25)27-16-17-8-7-9-20(23)15-17/h7-13,15H,2-6,14,16H2,1H3. The molecule has 0 aromatic heterocycles. The number of unbranched alkanes of at least 4 members (excludes halogenated alkanes) is 4. The van der Waals surface area contributed by atoms with Crippen molar-refractivity contribution in [2.45, 2.75) is 45.6 Å². The zero-order chi connectivity index (χ0) is 19.5. The Bertz CT molecular complexity index is 740. The van der Waals surface area contributed by atoms with Gasteiger partial charge in [-0.05, 0) is 48.4 Å². The van der Waals surface area contributed by atoms with Crippen molar-refractivity contribution in [1.82, 2.24) is 0 Å². The molecular weight excluding hydrogens is 347 g/mol. The van der Waals surface area contributed by atoms with Crippen LogP contribution in [0.5, 0.6) is 0 Å². The van der Waals surface area contributed by atoms with Gasteiger partial charge in [-0.3, -0.25) is 0 Å². The molecular formula is C22H25FO4. The van der Waals surface area contributed by atoms with Crippen LogP contribution in [0, 0.1) is 5.82 Å². The summed E-state index contributed by atoms with van der Waals surface area (Å²) in [7, 11) is 0. The van der Waals surface area contributed by atoms with Gasteiger partial charge in [-0.1, -0.05) is 44.7 Å². The molecule has 0 aliphatic rings. The van der Waals surface area contributed by atoms with Gasteiger partial charge >= 0.3 is 11.9 Å². The molecule has 2 rings (SSSR count). The van der Waals surface area contributed by atoms with E-state index in [1.54, 1.807) is 12.1 Å². The number of esters is 2. The summed E-state index contributed by atoms with van der Waals surface area (Å²) in [5, 5.41) is 0. The molecule has 0 aliphatic heterocycles. The molecule has 0 bridgehead atoms. The van der Waals surface area contributed by atoms with Crippen molar-refractivity contribution >= 4 is 11.9 Å². The molecule has 0 saturated carbocycles. The first kappa shape index (κ1) is 20.6. The average Bonchev–Trinajstić information content (AvgIpc) is 2.69. The normalized spacial score (nSPS) is 10.4. The molecule has 144 valence electrons. The van der Waals surface area contributed by atoms with E-state index >= 15 is 0 Å². The minimum absolute atomic E-state index is 0.0155. The van der Waals surface area contributed by atoms with Crippen LogP contribution >= 0.6 is 0 Å². The Morgan fingerprint density at radius 1 is 0.852 bits per heavy atom. The molecule has 0 unspecified atom stereocenters. The predicted octanol–water partition coefficient (Wildman–Crippen LogP) is 5.31. The van der Waals surface area contributed by atoms with E-state index in [2.05, 4.69) is 6.92 Å². The molecule has 0 heterocycles. The molecule has 0 fully saturated rings. The summed E-state index contributed by atoms with van der Waals surface area (Å²) in [6.07, 6.45) is 5.44. The van der Waals surface area contributed by atoms with Gasteiger partial charge in [0.2, 0.25) is 0 Å². The maximum Gasteiger partial charge on any atom is 0.338 e. The molecule has 4 nitrogen and oxygen atoms in total. The first-order chi connectivity index (χ1) is 13.1. The van der Waals surface area contributed by atoms with Gasteiger partial charge in [-0.15, -0.1) is 0 Å². The number of halogens is 1. The van der Waals surface area contributed by atoms with E-state index in [4.69, 9.17) is 9.47 Å². The number of carbonyl (C=O) groups is 2. The van der Waals surface area contributed by atoms with Gasteiger partial charge in [0.15, 0.2) is 0 Å². The van der Waals surface area contributed by atoms with Crippen LogP contribution in [0.1, 0.15) is 65.3 Å². The van der Waals surface area contributed by atoms with Crippen molar-refractivity contribution in [3.05, 3.63) is 71.0 Å². The van der Waals surface area contributed by atoms with Crippen LogP contribution in [0.2, 0.25) is 0 Å². The quantitative estimate of drug-likeness (QED) is 0.419. The molecule has 0 spiro atoms. The zero-order valence-electron chi connectivity index (χ0n) is 15.6. The van der Waals surface area contributed by atoms with Crippen LogP contribution in [0.3, 0.4) is 0 Å². The average molecular weight is 372 g/mol. The Morgan fingerprint density at radius 3 is 2.11 bits per heavy atom. The minimum Gasteiger partial charge on any atom is -0.462 e. The van der Waals surface area contributed by atoms with Crippen LogP contribution in [0.15, 0.2) is 48.5 Å². The molecule has 2 aromatic carbocycles. The maximum atomic E-state index is 13.1. The van der Waals surface area contributed by atoms with Crippen molar-refractivity contribution in [3.8, 4) is 0 Å². The third kappa shape index (κ3) is 7.21. The van der Waals surface area contributed by atoms with E-state index in [-0.39, 0.29) is 12.4 Å². The van der Waals surface area contributed by atoms with Gasteiger partial charge in [-0.2, -0.15) is 0 Å². The smallest absolute Gasteiger partial charge is 0.338 e. The van der Waals surface area contributed by atoms with Crippen LogP contribution in [-0.4, -0.2) is 18.5 Å². The fourth-order valence-corrected chi connectivity index (χ4v) is 2.56. The first-order valence-corrected chi connectivity index (χ1v) is 9.29. The van der Waals surface area contributed by atoms with Crippen LogP contribution < -0.4 is 0 Å². The summed E-state index contributed by atoms with van der Waals surface area (Å²) in [5.74, 6) is -1.31. The zero-order valence-corrected chi connectivity index (χ0v) is 15.6. The van der Waals surface area contributed by atoms with Crippen molar-refractivity contribution in [3.63, 3.8) is 0 Å². The summed E-state index contributed by atoms with van der Waals surface area (Å²) >= 11 is 0. The van der Waals surface area contributed by atoms with Crippen LogP contribution in [0.4, 0.5) is 4.39 Å². The monoisotopic (exact) mass is 372 g/mol. The number of rotatable bonds is 10. The lowest BCUT2D eigenvalue weighted by Gasteiger charge is -2.07. The molecule has 0 aliphatic carbocycles. The molecule has 27 heavy (non-hydrogen) atoms. The van der Waals surface area contributed by atoms with Crippen molar-refractivity contribution < 1.29 is 23.5 Å². The summed E-state index contributed by atoms with van der Waals surface area (Å²) in [5.41, 5.74) is 1.29. The summed E-state index contributed by atoms with van der Waals surface area (Å²) in [6.45, 7) is 2.54. The first-order valence-electron chi connectivity index (χ1n) is 9.29. The highest BCUT2D eigenvalue weighted by atomic mass is 19.1. The molecule has 0 saturated heterocycles. The highest BCUT2D eigenvalue weighted by Crippen LogP contribution is 2.11. The number of ether oxygens (including phenoxy) is 2. The summed E-state index contributed by atoms with van der Waals surface area (Å²) in [4.78, 5) is 24.0. The fraction of sp³-hybridized carbons (Fsp3) is 0.364. The predicted molar refractivity (Wildman–Crippen MR) is 101 cm³/mol. The largest absolute Gasteiger partial charge is 0.462 e. The lowest BCUT2D eigenvalue weighted by molar-refractivity contribution is 0.0466. The van der Waals surface area contributed by atoms with Gasteiger partial charge in [0, 0.05) is 0 Å². The van der Waals surface area contributed by atoms with E-state index in [1.165, 1.54) is 49.2 Å². The Hall–Kier alpha value is -2.69. The van der Waals surface area contributed by atoms with Gasteiger partial charge in [0.25, 0.3) is 0 Å². The summed E-state index contributed by atoms with van der Waals surface area (Å²) in [6, 6.07) is 12.0.